The summed E-state index contributed by atoms with van der Waals surface area (Å²) in [5.74, 6) is -2.11. The molecule has 2 heterocycles. The van der Waals surface area contributed by atoms with Gasteiger partial charge in [-0.05, 0) is 49.6 Å². The highest BCUT2D eigenvalue weighted by Crippen LogP contribution is 2.38. The fraction of sp³-hybridized carbons (Fsp3) is 0.333. The van der Waals surface area contributed by atoms with Gasteiger partial charge in [0.2, 0.25) is 11.8 Å². The van der Waals surface area contributed by atoms with Gasteiger partial charge in [0.15, 0.2) is 0 Å². The molecule has 11 heteroatoms. The summed E-state index contributed by atoms with van der Waals surface area (Å²) in [7, 11) is 0. The normalized spacial score (nSPS) is 13.6. The van der Waals surface area contributed by atoms with Gasteiger partial charge in [0.05, 0.1) is 23.8 Å². The molecule has 0 bridgehead atoms. The van der Waals surface area contributed by atoms with E-state index in [1.807, 2.05) is 24.3 Å². The number of fused-ring (bicyclic) bond motifs is 1. The standard InChI is InChI=1S/C30H33N3O6S2/c1-3-39-30(38)27-23-14-15-33(17-20-8-5-4-6-9-20)18-24(23)41-29(27)32-28(37)19(2)40-22-11-7-10-21(16-22)31-25(34)12-13-26(35)36/h4-11,16,19H,3,12-15,17-18H2,1-2H3,(H,31,34)(H,32,37)(H,35,36). The van der Waals surface area contributed by atoms with E-state index in [1.165, 1.54) is 28.7 Å². The monoisotopic (exact) mass is 595 g/mol. The van der Waals surface area contributed by atoms with Crippen LogP contribution in [0.15, 0.2) is 59.5 Å². The van der Waals surface area contributed by atoms with Crippen molar-refractivity contribution in [3.63, 3.8) is 0 Å². The molecule has 1 aromatic heterocycles. The molecule has 2 aromatic carbocycles. The molecule has 1 atom stereocenters. The van der Waals surface area contributed by atoms with E-state index in [-0.39, 0.29) is 25.4 Å². The fourth-order valence-corrected chi connectivity index (χ4v) is 6.71. The maximum absolute atomic E-state index is 13.3. The summed E-state index contributed by atoms with van der Waals surface area (Å²) in [4.78, 5) is 53.1. The number of thioether (sulfide) groups is 1. The first kappa shape index (κ1) is 30.3. The molecule has 2 amide bonds. The van der Waals surface area contributed by atoms with Gasteiger partial charge in [0.25, 0.3) is 0 Å². The molecular weight excluding hydrogens is 562 g/mol. The van der Waals surface area contributed by atoms with E-state index in [2.05, 4.69) is 27.7 Å². The highest BCUT2D eigenvalue weighted by atomic mass is 32.2. The third-order valence-corrected chi connectivity index (χ3v) is 8.69. The maximum atomic E-state index is 13.3. The van der Waals surface area contributed by atoms with Gasteiger partial charge in [0, 0.05) is 41.5 Å². The average molecular weight is 596 g/mol. The Morgan fingerprint density at radius 1 is 1.07 bits per heavy atom. The van der Waals surface area contributed by atoms with Crippen LogP contribution in [0.3, 0.4) is 0 Å². The molecule has 0 saturated carbocycles. The summed E-state index contributed by atoms with van der Waals surface area (Å²) >= 11 is 2.74. The lowest BCUT2D eigenvalue weighted by molar-refractivity contribution is -0.138. The molecular formula is C30H33N3O6S2. The summed E-state index contributed by atoms with van der Waals surface area (Å²) in [6.45, 7) is 6.07. The number of nitrogens with one attached hydrogen (secondary N) is 2. The zero-order valence-corrected chi connectivity index (χ0v) is 24.6. The number of hydrogen-bond donors (Lipinski definition) is 3. The molecule has 0 aliphatic carbocycles. The molecule has 0 spiro atoms. The number of esters is 1. The van der Waals surface area contributed by atoms with Crippen LogP contribution in [-0.4, -0.2) is 52.2 Å². The minimum atomic E-state index is -1.04. The first-order chi connectivity index (χ1) is 19.7. The maximum Gasteiger partial charge on any atom is 0.341 e. The molecule has 1 aliphatic rings. The Bertz CT molecular complexity index is 1410. The van der Waals surface area contributed by atoms with Crippen LogP contribution in [-0.2, 0) is 38.6 Å². The number of carboxylic acid groups (broad SMARTS) is 1. The topological polar surface area (TPSA) is 125 Å². The number of hydrogen-bond acceptors (Lipinski definition) is 8. The number of carbonyl (C=O) groups excluding carboxylic acids is 3. The number of carboxylic acids is 1. The highest BCUT2D eigenvalue weighted by Gasteiger charge is 2.30. The van der Waals surface area contributed by atoms with Crippen LogP contribution in [0.25, 0.3) is 0 Å². The summed E-state index contributed by atoms with van der Waals surface area (Å²) in [6.07, 6.45) is 0.323. The number of aliphatic carboxylic acids is 1. The third-order valence-electron chi connectivity index (χ3n) is 6.47. The Kier molecular flexibility index (Phi) is 10.6. The van der Waals surface area contributed by atoms with Crippen LogP contribution < -0.4 is 10.6 Å². The van der Waals surface area contributed by atoms with Gasteiger partial charge in [-0.1, -0.05) is 36.4 Å². The van der Waals surface area contributed by atoms with E-state index in [0.29, 0.717) is 29.2 Å². The van der Waals surface area contributed by atoms with Crippen LogP contribution in [0.1, 0.15) is 53.1 Å². The van der Waals surface area contributed by atoms with E-state index in [9.17, 15) is 19.2 Å². The largest absolute Gasteiger partial charge is 0.481 e. The van der Waals surface area contributed by atoms with Crippen LogP contribution >= 0.6 is 23.1 Å². The predicted octanol–water partition coefficient (Wildman–Crippen LogP) is 5.41. The van der Waals surface area contributed by atoms with Crippen molar-refractivity contribution in [2.75, 3.05) is 23.8 Å². The molecule has 4 rings (SSSR count). The van der Waals surface area contributed by atoms with Crippen LogP contribution in [0.2, 0.25) is 0 Å². The highest BCUT2D eigenvalue weighted by molar-refractivity contribution is 8.00. The van der Waals surface area contributed by atoms with Gasteiger partial charge in [-0.3, -0.25) is 19.3 Å². The van der Waals surface area contributed by atoms with Gasteiger partial charge in [0.1, 0.15) is 5.00 Å². The second-order valence-electron chi connectivity index (χ2n) is 9.59. The zero-order valence-electron chi connectivity index (χ0n) is 23.0. The van der Waals surface area contributed by atoms with E-state index >= 15 is 0 Å². The van der Waals surface area contributed by atoms with Crippen molar-refractivity contribution >= 4 is 57.5 Å². The number of ether oxygens (including phenoxy) is 1. The quantitative estimate of drug-likeness (QED) is 0.188. The molecule has 0 saturated heterocycles. The van der Waals surface area contributed by atoms with Gasteiger partial charge >= 0.3 is 11.9 Å². The fourth-order valence-electron chi connectivity index (χ4n) is 4.50. The number of carbonyl (C=O) groups is 4. The Hall–Kier alpha value is -3.67. The van der Waals surface area contributed by atoms with Gasteiger partial charge in [-0.2, -0.15) is 0 Å². The number of rotatable bonds is 12. The molecule has 216 valence electrons. The van der Waals surface area contributed by atoms with Crippen molar-refractivity contribution < 1.29 is 29.0 Å². The van der Waals surface area contributed by atoms with Gasteiger partial charge in [-0.15, -0.1) is 23.1 Å². The van der Waals surface area contributed by atoms with E-state index in [4.69, 9.17) is 9.84 Å². The molecule has 1 unspecified atom stereocenters. The van der Waals surface area contributed by atoms with E-state index in [0.717, 1.165) is 28.4 Å². The first-order valence-corrected chi connectivity index (χ1v) is 15.1. The zero-order chi connectivity index (χ0) is 29.4. The SMILES string of the molecule is CCOC(=O)c1c(NC(=O)C(C)Sc2cccc(NC(=O)CCC(=O)O)c2)sc2c1CCN(Cc1ccccc1)C2. The minimum absolute atomic E-state index is 0.122. The summed E-state index contributed by atoms with van der Waals surface area (Å²) < 4.78 is 5.36. The summed E-state index contributed by atoms with van der Waals surface area (Å²) in [5, 5.41) is 14.4. The van der Waals surface area contributed by atoms with Crippen LogP contribution in [0.5, 0.6) is 0 Å². The Labute approximate surface area is 247 Å². The van der Waals surface area contributed by atoms with Crippen molar-refractivity contribution in [1.82, 2.24) is 4.90 Å². The third kappa shape index (κ3) is 8.42. The van der Waals surface area contributed by atoms with Gasteiger partial charge in [-0.25, -0.2) is 4.79 Å². The Balaban J connectivity index is 1.44. The second kappa shape index (κ2) is 14.3. The molecule has 3 N–H and O–H groups in total. The van der Waals surface area contributed by atoms with Crippen molar-refractivity contribution in [2.24, 2.45) is 0 Å². The number of benzene rings is 2. The summed E-state index contributed by atoms with van der Waals surface area (Å²) in [5.41, 5.74) is 3.14. The number of anilines is 2. The van der Waals surface area contributed by atoms with Crippen molar-refractivity contribution in [3.8, 4) is 0 Å². The first-order valence-electron chi connectivity index (χ1n) is 13.4. The van der Waals surface area contributed by atoms with Crippen molar-refractivity contribution in [3.05, 3.63) is 76.2 Å². The Morgan fingerprint density at radius 2 is 1.85 bits per heavy atom. The average Bonchev–Trinajstić information content (AvgIpc) is 3.29. The molecule has 3 aromatic rings. The molecule has 9 nitrogen and oxygen atoms in total. The minimum Gasteiger partial charge on any atom is -0.481 e. The van der Waals surface area contributed by atoms with Crippen molar-refractivity contribution in [2.45, 2.75) is 56.3 Å². The molecule has 1 aliphatic heterocycles. The lowest BCUT2D eigenvalue weighted by atomic mass is 10.0. The smallest absolute Gasteiger partial charge is 0.341 e. The van der Waals surface area contributed by atoms with E-state index in [1.54, 1.807) is 32.0 Å². The summed E-state index contributed by atoms with van der Waals surface area (Å²) in [6, 6.07) is 17.3. The molecule has 0 radical (unpaired) electrons. The van der Waals surface area contributed by atoms with Gasteiger partial charge < -0.3 is 20.5 Å². The van der Waals surface area contributed by atoms with Crippen molar-refractivity contribution in [1.29, 1.82) is 0 Å². The lowest BCUT2D eigenvalue weighted by Gasteiger charge is -2.27. The van der Waals surface area contributed by atoms with Crippen LogP contribution in [0, 0.1) is 0 Å². The number of nitrogens with zero attached hydrogens (tertiary/aromatic N) is 1. The predicted molar refractivity (Wildman–Crippen MR) is 160 cm³/mol. The number of thiophene rings is 1. The molecule has 41 heavy (non-hydrogen) atoms. The second-order valence-corrected chi connectivity index (χ2v) is 12.1. The number of amides is 2. The van der Waals surface area contributed by atoms with Crippen LogP contribution in [0.4, 0.5) is 10.7 Å². The molecule has 0 fully saturated rings. The Morgan fingerprint density at radius 3 is 2.59 bits per heavy atom. The van der Waals surface area contributed by atoms with E-state index < -0.39 is 23.1 Å². The lowest BCUT2D eigenvalue weighted by Crippen LogP contribution is -2.30.